The Balaban J connectivity index is 1.86. The summed E-state index contributed by atoms with van der Waals surface area (Å²) in [7, 11) is 0. The minimum Gasteiger partial charge on any atom is -0.492 e. The molecule has 1 amide bonds. The lowest BCUT2D eigenvalue weighted by Crippen LogP contribution is -2.14. The first-order chi connectivity index (χ1) is 12.9. The summed E-state index contributed by atoms with van der Waals surface area (Å²) in [6, 6.07) is 6.75. The van der Waals surface area contributed by atoms with Gasteiger partial charge in [0.05, 0.1) is 23.8 Å². The maximum atomic E-state index is 12.2. The first kappa shape index (κ1) is 21.5. The van der Waals surface area contributed by atoms with Crippen molar-refractivity contribution in [3.63, 3.8) is 0 Å². The van der Waals surface area contributed by atoms with Crippen LogP contribution in [0.2, 0.25) is 10.0 Å². The number of halogens is 2. The molecule has 0 aliphatic rings. The molecule has 146 valence electrons. The molecular formula is C19H21Cl2NO4S. The van der Waals surface area contributed by atoms with E-state index in [1.165, 1.54) is 11.3 Å². The van der Waals surface area contributed by atoms with Crippen LogP contribution in [0.5, 0.6) is 5.75 Å². The van der Waals surface area contributed by atoms with Crippen molar-refractivity contribution in [2.24, 2.45) is 0 Å². The molecule has 0 spiro atoms. The first-order valence-electron chi connectivity index (χ1n) is 8.62. The SMILES string of the molecule is CCOC(=O)c1cc(CC)sc1NC(=O)CCCOc1ccc(Cl)cc1Cl. The number of esters is 1. The summed E-state index contributed by atoms with van der Waals surface area (Å²) in [6.45, 7) is 4.36. The normalized spacial score (nSPS) is 10.5. The van der Waals surface area contributed by atoms with E-state index in [1.54, 1.807) is 31.2 Å². The van der Waals surface area contributed by atoms with Crippen LogP contribution in [-0.2, 0) is 16.0 Å². The number of carbonyl (C=O) groups excluding carboxylic acids is 2. The van der Waals surface area contributed by atoms with E-state index in [-0.39, 0.29) is 18.9 Å². The number of nitrogens with one attached hydrogen (secondary N) is 1. The van der Waals surface area contributed by atoms with Gasteiger partial charge in [-0.25, -0.2) is 4.79 Å². The summed E-state index contributed by atoms with van der Waals surface area (Å²) in [6.07, 6.45) is 1.54. The largest absolute Gasteiger partial charge is 0.492 e. The van der Waals surface area contributed by atoms with Crippen LogP contribution in [-0.4, -0.2) is 25.1 Å². The summed E-state index contributed by atoms with van der Waals surface area (Å²) in [5.74, 6) is -0.0859. The molecule has 0 aliphatic carbocycles. The standard InChI is InChI=1S/C19H21Cl2NO4S/c1-3-13-11-14(19(24)25-4-2)18(27-13)22-17(23)6-5-9-26-16-8-7-12(20)10-15(16)21/h7-8,10-11H,3-6,9H2,1-2H3,(H,22,23). The number of ether oxygens (including phenoxy) is 2. The van der Waals surface area contributed by atoms with Crippen molar-refractivity contribution in [3.8, 4) is 5.75 Å². The number of benzene rings is 1. The third-order valence-electron chi connectivity index (χ3n) is 3.58. The van der Waals surface area contributed by atoms with Gasteiger partial charge in [-0.15, -0.1) is 11.3 Å². The topological polar surface area (TPSA) is 64.6 Å². The van der Waals surface area contributed by atoms with E-state index >= 15 is 0 Å². The average Bonchev–Trinajstić information content (AvgIpc) is 3.03. The van der Waals surface area contributed by atoms with E-state index in [4.69, 9.17) is 32.7 Å². The average molecular weight is 430 g/mol. The van der Waals surface area contributed by atoms with Gasteiger partial charge < -0.3 is 14.8 Å². The molecule has 2 aromatic rings. The third kappa shape index (κ3) is 6.41. The zero-order chi connectivity index (χ0) is 19.8. The highest BCUT2D eigenvalue weighted by Crippen LogP contribution is 2.30. The Bertz CT molecular complexity index is 807. The van der Waals surface area contributed by atoms with Crippen LogP contribution < -0.4 is 10.1 Å². The molecule has 0 fully saturated rings. The number of rotatable bonds is 9. The second kappa shape index (κ2) is 10.5. The Kier molecular flexibility index (Phi) is 8.41. The summed E-state index contributed by atoms with van der Waals surface area (Å²) in [4.78, 5) is 25.3. The lowest BCUT2D eigenvalue weighted by Gasteiger charge is -2.09. The monoisotopic (exact) mass is 429 g/mol. The van der Waals surface area contributed by atoms with Crippen molar-refractivity contribution in [3.05, 3.63) is 44.8 Å². The van der Waals surface area contributed by atoms with Crippen molar-refractivity contribution < 1.29 is 19.1 Å². The van der Waals surface area contributed by atoms with Crippen LogP contribution in [0, 0.1) is 0 Å². The van der Waals surface area contributed by atoms with E-state index in [0.717, 1.165) is 11.3 Å². The maximum Gasteiger partial charge on any atom is 0.341 e. The van der Waals surface area contributed by atoms with Crippen LogP contribution in [0.25, 0.3) is 0 Å². The fraction of sp³-hybridized carbons (Fsp3) is 0.368. The van der Waals surface area contributed by atoms with Gasteiger partial charge in [0.25, 0.3) is 0 Å². The Labute approximate surface area is 172 Å². The van der Waals surface area contributed by atoms with Crippen molar-refractivity contribution >= 4 is 51.4 Å². The van der Waals surface area contributed by atoms with Crippen LogP contribution in [0.15, 0.2) is 24.3 Å². The Morgan fingerprint density at radius 3 is 2.63 bits per heavy atom. The summed E-state index contributed by atoms with van der Waals surface area (Å²) >= 11 is 13.3. The van der Waals surface area contributed by atoms with Gasteiger partial charge in [-0.1, -0.05) is 30.1 Å². The minimum atomic E-state index is -0.426. The molecule has 0 atom stereocenters. The molecule has 1 aromatic carbocycles. The second-order valence-corrected chi connectivity index (χ2v) is 7.58. The van der Waals surface area contributed by atoms with Gasteiger partial charge in [0.15, 0.2) is 0 Å². The number of amides is 1. The number of hydrogen-bond donors (Lipinski definition) is 1. The molecule has 2 rings (SSSR count). The summed E-state index contributed by atoms with van der Waals surface area (Å²) in [5, 5.41) is 4.29. The molecule has 1 heterocycles. The summed E-state index contributed by atoms with van der Waals surface area (Å²) in [5.41, 5.74) is 0.399. The van der Waals surface area contributed by atoms with Crippen LogP contribution in [0.3, 0.4) is 0 Å². The van der Waals surface area contributed by atoms with Crippen molar-refractivity contribution in [1.29, 1.82) is 0 Å². The van der Waals surface area contributed by atoms with Gasteiger partial charge >= 0.3 is 5.97 Å². The van der Waals surface area contributed by atoms with Crippen LogP contribution >= 0.6 is 34.5 Å². The highest BCUT2D eigenvalue weighted by atomic mass is 35.5. The van der Waals surface area contributed by atoms with Gasteiger partial charge in [0.2, 0.25) is 5.91 Å². The van der Waals surface area contributed by atoms with Crippen molar-refractivity contribution in [2.45, 2.75) is 33.1 Å². The zero-order valence-corrected chi connectivity index (χ0v) is 17.5. The van der Waals surface area contributed by atoms with Crippen LogP contribution in [0.4, 0.5) is 5.00 Å². The van der Waals surface area contributed by atoms with Gasteiger partial charge in [0.1, 0.15) is 10.8 Å². The molecule has 1 aromatic heterocycles. The molecule has 0 radical (unpaired) electrons. The maximum absolute atomic E-state index is 12.2. The molecule has 5 nitrogen and oxygen atoms in total. The van der Waals surface area contributed by atoms with E-state index < -0.39 is 5.97 Å². The zero-order valence-electron chi connectivity index (χ0n) is 15.1. The lowest BCUT2D eigenvalue weighted by molar-refractivity contribution is -0.116. The number of anilines is 1. The Morgan fingerprint density at radius 1 is 1.19 bits per heavy atom. The summed E-state index contributed by atoms with van der Waals surface area (Å²) < 4.78 is 10.6. The van der Waals surface area contributed by atoms with E-state index in [0.29, 0.717) is 39.4 Å². The van der Waals surface area contributed by atoms with E-state index in [9.17, 15) is 9.59 Å². The molecule has 0 saturated heterocycles. The smallest absolute Gasteiger partial charge is 0.341 e. The minimum absolute atomic E-state index is 0.184. The molecule has 0 saturated carbocycles. The third-order valence-corrected chi connectivity index (χ3v) is 5.30. The molecule has 27 heavy (non-hydrogen) atoms. The van der Waals surface area contributed by atoms with Crippen LogP contribution in [0.1, 0.15) is 41.9 Å². The predicted molar refractivity (Wildman–Crippen MR) is 109 cm³/mol. The molecule has 0 aliphatic heterocycles. The highest BCUT2D eigenvalue weighted by Gasteiger charge is 2.18. The lowest BCUT2D eigenvalue weighted by atomic mass is 10.2. The van der Waals surface area contributed by atoms with Crippen molar-refractivity contribution in [2.75, 3.05) is 18.5 Å². The number of hydrogen-bond acceptors (Lipinski definition) is 5. The van der Waals surface area contributed by atoms with Crippen molar-refractivity contribution in [1.82, 2.24) is 0 Å². The number of thiophene rings is 1. The second-order valence-electron chi connectivity index (χ2n) is 5.60. The highest BCUT2D eigenvalue weighted by molar-refractivity contribution is 7.16. The Morgan fingerprint density at radius 2 is 1.96 bits per heavy atom. The molecular weight excluding hydrogens is 409 g/mol. The number of aryl methyl sites for hydroxylation is 1. The van der Waals surface area contributed by atoms with E-state index in [2.05, 4.69) is 5.32 Å². The number of carbonyl (C=O) groups is 2. The van der Waals surface area contributed by atoms with Gasteiger partial charge in [-0.05, 0) is 44.0 Å². The van der Waals surface area contributed by atoms with Gasteiger partial charge in [-0.2, -0.15) is 0 Å². The Hall–Kier alpha value is -1.76. The quantitative estimate of drug-likeness (QED) is 0.416. The van der Waals surface area contributed by atoms with Gasteiger partial charge in [-0.3, -0.25) is 4.79 Å². The molecule has 1 N–H and O–H groups in total. The molecule has 0 unspecified atom stereocenters. The molecule has 8 heteroatoms. The van der Waals surface area contributed by atoms with E-state index in [1.807, 2.05) is 6.92 Å². The predicted octanol–water partition coefficient (Wildman–Crippen LogP) is 5.59. The van der Waals surface area contributed by atoms with Gasteiger partial charge in [0, 0.05) is 16.3 Å². The fourth-order valence-corrected chi connectivity index (χ4v) is 3.73. The fourth-order valence-electron chi connectivity index (χ4n) is 2.27. The first-order valence-corrected chi connectivity index (χ1v) is 10.2. The molecule has 0 bridgehead atoms.